The van der Waals surface area contributed by atoms with Crippen LogP contribution in [0.3, 0.4) is 0 Å². The molecule has 0 radical (unpaired) electrons. The molecule has 0 spiro atoms. The van der Waals surface area contributed by atoms with Gasteiger partial charge < -0.3 is 0 Å². The van der Waals surface area contributed by atoms with E-state index < -0.39 is 0 Å². The van der Waals surface area contributed by atoms with Crippen LogP contribution in [0.2, 0.25) is 0 Å². The monoisotopic (exact) mass is 220 g/mol. The van der Waals surface area contributed by atoms with Crippen molar-refractivity contribution in [1.82, 2.24) is 19.4 Å². The minimum atomic E-state index is 0.761. The molecule has 0 atom stereocenters. The van der Waals surface area contributed by atoms with Gasteiger partial charge in [-0.3, -0.25) is 9.38 Å². The molecule has 0 bridgehead atoms. The first kappa shape index (κ1) is 8.64. The fraction of sp³-hybridized carbons (Fsp3) is 0. The van der Waals surface area contributed by atoms with Crippen molar-refractivity contribution in [3.8, 4) is 0 Å². The molecule has 17 heavy (non-hydrogen) atoms. The van der Waals surface area contributed by atoms with Gasteiger partial charge in [-0.25, -0.2) is 9.97 Å². The summed E-state index contributed by atoms with van der Waals surface area (Å²) in [6, 6.07) is 10.2. The van der Waals surface area contributed by atoms with E-state index in [0.717, 1.165) is 27.7 Å². The molecule has 0 saturated carbocycles. The summed E-state index contributed by atoms with van der Waals surface area (Å²) in [5.74, 6) is 0. The summed E-state index contributed by atoms with van der Waals surface area (Å²) < 4.78 is 2.00. The zero-order valence-electron chi connectivity index (χ0n) is 8.91. The van der Waals surface area contributed by atoms with Gasteiger partial charge >= 0.3 is 0 Å². The largest absolute Gasteiger partial charge is 0.295 e. The molecule has 0 aliphatic rings. The third-order valence-electron chi connectivity index (χ3n) is 2.90. The molecule has 4 heteroatoms. The van der Waals surface area contributed by atoms with Crippen molar-refractivity contribution in [1.29, 1.82) is 0 Å². The molecule has 0 N–H and O–H groups in total. The second kappa shape index (κ2) is 3.01. The second-order valence-corrected chi connectivity index (χ2v) is 3.94. The Hall–Kier alpha value is -2.49. The van der Waals surface area contributed by atoms with Gasteiger partial charge in [-0.05, 0) is 12.1 Å². The highest BCUT2D eigenvalue weighted by Gasteiger charge is 2.06. The Balaban J connectivity index is 2.28. The van der Waals surface area contributed by atoms with E-state index in [2.05, 4.69) is 27.1 Å². The molecule has 0 aliphatic heterocycles. The number of pyridine rings is 1. The highest BCUT2D eigenvalue weighted by molar-refractivity contribution is 5.91. The first-order chi connectivity index (χ1) is 8.42. The van der Waals surface area contributed by atoms with Crippen molar-refractivity contribution in [3.63, 3.8) is 0 Å². The van der Waals surface area contributed by atoms with Crippen molar-refractivity contribution in [2.75, 3.05) is 0 Å². The van der Waals surface area contributed by atoms with Gasteiger partial charge in [0, 0.05) is 17.8 Å². The lowest BCUT2D eigenvalue weighted by Gasteiger charge is -1.97. The fourth-order valence-corrected chi connectivity index (χ4v) is 2.10. The summed E-state index contributed by atoms with van der Waals surface area (Å²) in [4.78, 5) is 13.1. The van der Waals surface area contributed by atoms with Crippen molar-refractivity contribution in [3.05, 3.63) is 48.9 Å². The van der Waals surface area contributed by atoms with E-state index in [4.69, 9.17) is 0 Å². The second-order valence-electron chi connectivity index (χ2n) is 3.94. The Morgan fingerprint density at radius 2 is 2.00 bits per heavy atom. The van der Waals surface area contributed by atoms with Crippen molar-refractivity contribution < 1.29 is 0 Å². The van der Waals surface area contributed by atoms with Crippen LogP contribution in [0.15, 0.2) is 48.9 Å². The zero-order chi connectivity index (χ0) is 11.2. The third kappa shape index (κ3) is 1.15. The number of hydrogen-bond acceptors (Lipinski definition) is 3. The average molecular weight is 220 g/mol. The SMILES string of the molecule is c1ccc2nc3nc4cnccn4c3cc2c1. The number of benzene rings is 1. The molecule has 0 saturated heterocycles. The molecule has 0 aliphatic carbocycles. The van der Waals surface area contributed by atoms with Crippen LogP contribution in [-0.2, 0) is 0 Å². The fourth-order valence-electron chi connectivity index (χ4n) is 2.10. The summed E-state index contributed by atoms with van der Waals surface area (Å²) in [7, 11) is 0. The summed E-state index contributed by atoms with van der Waals surface area (Å²) in [5, 5.41) is 1.12. The smallest absolute Gasteiger partial charge is 0.179 e. The topological polar surface area (TPSA) is 43.1 Å². The van der Waals surface area contributed by atoms with Crippen LogP contribution >= 0.6 is 0 Å². The predicted molar refractivity (Wildman–Crippen MR) is 65.8 cm³/mol. The lowest BCUT2D eigenvalue weighted by atomic mass is 10.2. The van der Waals surface area contributed by atoms with Crippen LogP contribution in [0.5, 0.6) is 0 Å². The maximum atomic E-state index is 4.56. The molecule has 3 heterocycles. The van der Waals surface area contributed by atoms with Gasteiger partial charge in [-0.2, -0.15) is 0 Å². The number of para-hydroxylation sites is 1. The van der Waals surface area contributed by atoms with Crippen molar-refractivity contribution in [2.24, 2.45) is 0 Å². The summed E-state index contributed by atoms with van der Waals surface area (Å²) in [5.41, 5.74) is 3.57. The molecule has 4 nitrogen and oxygen atoms in total. The highest BCUT2D eigenvalue weighted by Crippen LogP contribution is 2.19. The summed E-state index contributed by atoms with van der Waals surface area (Å²) in [6.45, 7) is 0. The molecule has 4 rings (SSSR count). The van der Waals surface area contributed by atoms with E-state index in [0.29, 0.717) is 0 Å². The molecule has 0 unspecified atom stereocenters. The van der Waals surface area contributed by atoms with Gasteiger partial charge in [0.15, 0.2) is 11.3 Å². The van der Waals surface area contributed by atoms with E-state index >= 15 is 0 Å². The van der Waals surface area contributed by atoms with Crippen LogP contribution in [0.25, 0.3) is 27.7 Å². The number of hydrogen-bond donors (Lipinski definition) is 0. The number of aromatic nitrogens is 4. The molecular formula is C13H8N4. The van der Waals surface area contributed by atoms with Gasteiger partial charge in [0.25, 0.3) is 0 Å². The standard InChI is InChI=1S/C13H8N4/c1-2-4-10-9(3-1)7-11-13(15-10)16-12-8-14-5-6-17(11)12/h1-8H. The average Bonchev–Trinajstić information content (AvgIpc) is 2.73. The Morgan fingerprint density at radius 1 is 1.06 bits per heavy atom. The first-order valence-corrected chi connectivity index (χ1v) is 5.39. The lowest BCUT2D eigenvalue weighted by molar-refractivity contribution is 1.15. The Labute approximate surface area is 96.6 Å². The minimum Gasteiger partial charge on any atom is -0.295 e. The van der Waals surface area contributed by atoms with E-state index in [1.807, 2.05) is 28.8 Å². The predicted octanol–water partition coefficient (Wildman–Crippen LogP) is 2.43. The molecular weight excluding hydrogens is 212 g/mol. The molecule has 80 valence electrons. The maximum Gasteiger partial charge on any atom is 0.179 e. The van der Waals surface area contributed by atoms with Gasteiger partial charge in [0.05, 0.1) is 17.2 Å². The molecule has 4 aromatic rings. The minimum absolute atomic E-state index is 0.761. The van der Waals surface area contributed by atoms with E-state index in [-0.39, 0.29) is 0 Å². The van der Waals surface area contributed by atoms with Crippen LogP contribution in [-0.4, -0.2) is 19.4 Å². The van der Waals surface area contributed by atoms with E-state index in [1.54, 1.807) is 12.4 Å². The quantitative estimate of drug-likeness (QED) is 0.457. The van der Waals surface area contributed by atoms with Crippen LogP contribution in [0.1, 0.15) is 0 Å². The van der Waals surface area contributed by atoms with E-state index in [9.17, 15) is 0 Å². The number of rotatable bonds is 0. The molecule has 0 amide bonds. The first-order valence-electron chi connectivity index (χ1n) is 5.39. The van der Waals surface area contributed by atoms with Gasteiger partial charge in [-0.1, -0.05) is 18.2 Å². The van der Waals surface area contributed by atoms with Gasteiger partial charge in [0.1, 0.15) is 0 Å². The Bertz CT molecular complexity index is 842. The lowest BCUT2D eigenvalue weighted by Crippen LogP contribution is -1.85. The van der Waals surface area contributed by atoms with Crippen molar-refractivity contribution >= 4 is 27.7 Å². The van der Waals surface area contributed by atoms with Crippen LogP contribution in [0, 0.1) is 0 Å². The number of nitrogens with zero attached hydrogens (tertiary/aromatic N) is 4. The van der Waals surface area contributed by atoms with Crippen LogP contribution < -0.4 is 0 Å². The number of fused-ring (bicyclic) bond motifs is 4. The van der Waals surface area contributed by atoms with Gasteiger partial charge in [-0.15, -0.1) is 0 Å². The summed E-state index contributed by atoms with van der Waals surface area (Å²) in [6.07, 6.45) is 5.40. The van der Waals surface area contributed by atoms with E-state index in [1.165, 1.54) is 0 Å². The Morgan fingerprint density at radius 3 is 3.00 bits per heavy atom. The highest BCUT2D eigenvalue weighted by atomic mass is 15.1. The molecule has 3 aromatic heterocycles. The Kier molecular flexibility index (Phi) is 1.53. The van der Waals surface area contributed by atoms with Gasteiger partial charge in [0.2, 0.25) is 0 Å². The summed E-state index contributed by atoms with van der Waals surface area (Å²) >= 11 is 0. The normalized spacial score (nSPS) is 11.5. The molecule has 1 aromatic carbocycles. The van der Waals surface area contributed by atoms with Crippen LogP contribution in [0.4, 0.5) is 0 Å². The third-order valence-corrected chi connectivity index (χ3v) is 2.90. The molecule has 0 fully saturated rings. The number of imidazole rings is 1. The maximum absolute atomic E-state index is 4.56. The van der Waals surface area contributed by atoms with Crippen molar-refractivity contribution in [2.45, 2.75) is 0 Å². The zero-order valence-corrected chi connectivity index (χ0v) is 8.91.